The van der Waals surface area contributed by atoms with E-state index >= 15 is 0 Å². The molecule has 18 heavy (non-hydrogen) atoms. The van der Waals surface area contributed by atoms with E-state index in [9.17, 15) is 0 Å². The van der Waals surface area contributed by atoms with Gasteiger partial charge in [-0.3, -0.25) is 4.90 Å². The quantitative estimate of drug-likeness (QED) is 0.646. The van der Waals surface area contributed by atoms with Crippen LogP contribution in [-0.4, -0.2) is 93.4 Å². The number of nitrogens with zero attached hydrogens (tertiary/aromatic N) is 3. The van der Waals surface area contributed by atoms with Crippen LogP contribution in [0.3, 0.4) is 0 Å². The third-order valence-corrected chi connectivity index (χ3v) is 3.89. The smallest absolute Gasteiger partial charge is 0.0999 e. The first-order chi connectivity index (χ1) is 8.95. The summed E-state index contributed by atoms with van der Waals surface area (Å²) in [6.45, 7) is 10.0. The van der Waals surface area contributed by atoms with Crippen LogP contribution in [0.15, 0.2) is 0 Å². The van der Waals surface area contributed by atoms with Gasteiger partial charge in [-0.1, -0.05) is 0 Å². The van der Waals surface area contributed by atoms with E-state index in [1.54, 1.807) is 0 Å². The van der Waals surface area contributed by atoms with Gasteiger partial charge in [0.15, 0.2) is 0 Å². The van der Waals surface area contributed by atoms with Crippen LogP contribution in [0.2, 0.25) is 0 Å². The van der Waals surface area contributed by atoms with Gasteiger partial charge in [-0.2, -0.15) is 0 Å². The van der Waals surface area contributed by atoms with E-state index in [1.807, 2.05) is 0 Å². The molecule has 0 saturated carbocycles. The largest absolute Gasteiger partial charge is 0.379 e. The SMILES string of the molecule is C1CN(C2COCCN2N2CCOCC2)CCO1. The number of hydrazine groups is 1. The fraction of sp³-hybridized carbons (Fsp3) is 1.00. The first kappa shape index (κ1) is 12.8. The van der Waals surface area contributed by atoms with Crippen LogP contribution in [0.5, 0.6) is 0 Å². The zero-order valence-electron chi connectivity index (χ0n) is 10.9. The molecule has 0 aromatic heterocycles. The molecule has 3 fully saturated rings. The molecule has 1 atom stereocenters. The minimum absolute atomic E-state index is 0.376. The van der Waals surface area contributed by atoms with Gasteiger partial charge in [0, 0.05) is 32.7 Å². The Balaban J connectivity index is 1.64. The monoisotopic (exact) mass is 257 g/mol. The summed E-state index contributed by atoms with van der Waals surface area (Å²) in [7, 11) is 0. The second-order valence-corrected chi connectivity index (χ2v) is 4.93. The van der Waals surface area contributed by atoms with Crippen molar-refractivity contribution in [1.29, 1.82) is 0 Å². The van der Waals surface area contributed by atoms with Gasteiger partial charge >= 0.3 is 0 Å². The van der Waals surface area contributed by atoms with Crippen molar-refractivity contribution in [3.63, 3.8) is 0 Å². The molecule has 3 aliphatic rings. The maximum absolute atomic E-state index is 5.67. The van der Waals surface area contributed by atoms with Crippen molar-refractivity contribution in [2.45, 2.75) is 6.17 Å². The van der Waals surface area contributed by atoms with Crippen LogP contribution in [0, 0.1) is 0 Å². The van der Waals surface area contributed by atoms with E-state index in [2.05, 4.69) is 14.9 Å². The fourth-order valence-electron chi connectivity index (χ4n) is 2.89. The highest BCUT2D eigenvalue weighted by atomic mass is 16.5. The van der Waals surface area contributed by atoms with Gasteiger partial charge < -0.3 is 14.2 Å². The number of hydrogen-bond donors (Lipinski definition) is 0. The van der Waals surface area contributed by atoms with Gasteiger partial charge in [0.1, 0.15) is 0 Å². The molecule has 0 amide bonds. The summed E-state index contributed by atoms with van der Waals surface area (Å²) in [5.74, 6) is 0. The number of hydrogen-bond acceptors (Lipinski definition) is 6. The zero-order valence-corrected chi connectivity index (χ0v) is 10.9. The van der Waals surface area contributed by atoms with Crippen LogP contribution < -0.4 is 0 Å². The summed E-state index contributed by atoms with van der Waals surface area (Å²) in [6, 6.07) is 0. The third-order valence-electron chi connectivity index (χ3n) is 3.89. The Morgan fingerprint density at radius 2 is 1.28 bits per heavy atom. The molecule has 0 spiro atoms. The molecule has 0 aromatic rings. The molecule has 1 unspecified atom stereocenters. The van der Waals surface area contributed by atoms with Crippen LogP contribution >= 0.6 is 0 Å². The normalized spacial score (nSPS) is 33.7. The fourth-order valence-corrected chi connectivity index (χ4v) is 2.89. The van der Waals surface area contributed by atoms with E-state index in [0.29, 0.717) is 6.17 Å². The molecule has 3 heterocycles. The number of morpholine rings is 3. The Hall–Kier alpha value is -0.240. The highest BCUT2D eigenvalue weighted by Gasteiger charge is 2.33. The van der Waals surface area contributed by atoms with Crippen LogP contribution in [0.4, 0.5) is 0 Å². The van der Waals surface area contributed by atoms with Gasteiger partial charge in [-0.25, -0.2) is 10.0 Å². The average molecular weight is 257 g/mol. The lowest BCUT2D eigenvalue weighted by Gasteiger charge is -2.48. The number of rotatable bonds is 2. The van der Waals surface area contributed by atoms with Gasteiger partial charge in [0.2, 0.25) is 0 Å². The molecule has 6 heteroatoms. The molecule has 0 bridgehead atoms. The minimum atomic E-state index is 0.376. The Kier molecular flexibility index (Phi) is 4.45. The van der Waals surface area contributed by atoms with Crippen LogP contribution in [-0.2, 0) is 14.2 Å². The maximum atomic E-state index is 5.67. The lowest BCUT2D eigenvalue weighted by atomic mass is 10.3. The highest BCUT2D eigenvalue weighted by molar-refractivity contribution is 4.78. The van der Waals surface area contributed by atoms with Crippen molar-refractivity contribution >= 4 is 0 Å². The molecule has 0 aromatic carbocycles. The van der Waals surface area contributed by atoms with Gasteiger partial charge in [-0.05, 0) is 0 Å². The average Bonchev–Trinajstić information content (AvgIpc) is 2.49. The molecule has 3 rings (SSSR count). The zero-order chi connectivity index (χ0) is 12.2. The van der Waals surface area contributed by atoms with Crippen molar-refractivity contribution in [3.05, 3.63) is 0 Å². The Bertz CT molecular complexity index is 229. The molecule has 6 nitrogen and oxygen atoms in total. The van der Waals surface area contributed by atoms with E-state index in [4.69, 9.17) is 14.2 Å². The van der Waals surface area contributed by atoms with E-state index in [1.165, 1.54) is 0 Å². The molecular formula is C12H23N3O3. The molecule has 3 aliphatic heterocycles. The predicted molar refractivity (Wildman–Crippen MR) is 66.1 cm³/mol. The van der Waals surface area contributed by atoms with E-state index in [0.717, 1.165) is 72.4 Å². The summed E-state index contributed by atoms with van der Waals surface area (Å²) in [4.78, 5) is 2.48. The van der Waals surface area contributed by atoms with Crippen molar-refractivity contribution < 1.29 is 14.2 Å². The molecule has 0 aliphatic carbocycles. The molecule has 104 valence electrons. The molecule has 0 N–H and O–H groups in total. The second kappa shape index (κ2) is 6.27. The van der Waals surface area contributed by atoms with Gasteiger partial charge in [-0.15, -0.1) is 0 Å². The lowest BCUT2D eigenvalue weighted by molar-refractivity contribution is -0.202. The Morgan fingerprint density at radius 1 is 0.667 bits per heavy atom. The highest BCUT2D eigenvalue weighted by Crippen LogP contribution is 2.17. The summed E-state index contributed by atoms with van der Waals surface area (Å²) < 4.78 is 16.5. The Labute approximate surface area is 108 Å². The first-order valence-electron chi connectivity index (χ1n) is 6.94. The van der Waals surface area contributed by atoms with Crippen molar-refractivity contribution in [1.82, 2.24) is 14.9 Å². The summed E-state index contributed by atoms with van der Waals surface area (Å²) in [5, 5.41) is 4.92. The maximum Gasteiger partial charge on any atom is 0.0999 e. The second-order valence-electron chi connectivity index (χ2n) is 4.93. The van der Waals surface area contributed by atoms with Crippen molar-refractivity contribution in [3.8, 4) is 0 Å². The topological polar surface area (TPSA) is 37.4 Å². The minimum Gasteiger partial charge on any atom is -0.379 e. The van der Waals surface area contributed by atoms with Crippen LogP contribution in [0.25, 0.3) is 0 Å². The van der Waals surface area contributed by atoms with Gasteiger partial charge in [0.25, 0.3) is 0 Å². The van der Waals surface area contributed by atoms with Crippen molar-refractivity contribution in [2.75, 3.05) is 72.4 Å². The Morgan fingerprint density at radius 3 is 2.00 bits per heavy atom. The predicted octanol–water partition coefficient (Wildman–Crippen LogP) is -0.776. The lowest BCUT2D eigenvalue weighted by Crippen LogP contribution is -2.64. The summed E-state index contributed by atoms with van der Waals surface area (Å²) >= 11 is 0. The standard InChI is InChI=1S/C12H23N3O3/c1-6-16-7-2-13(1)12-11-18-10-5-15(12)14-3-8-17-9-4-14/h12H,1-11H2. The third kappa shape index (κ3) is 2.84. The number of ether oxygens (including phenoxy) is 3. The molecule has 0 radical (unpaired) electrons. The van der Waals surface area contributed by atoms with Crippen molar-refractivity contribution in [2.24, 2.45) is 0 Å². The summed E-state index contributed by atoms with van der Waals surface area (Å²) in [6.07, 6.45) is 0.376. The first-order valence-corrected chi connectivity index (χ1v) is 6.94. The molecular weight excluding hydrogens is 234 g/mol. The van der Waals surface area contributed by atoms with E-state index < -0.39 is 0 Å². The van der Waals surface area contributed by atoms with Crippen LogP contribution in [0.1, 0.15) is 0 Å². The summed E-state index contributed by atoms with van der Waals surface area (Å²) in [5.41, 5.74) is 0. The molecule has 3 saturated heterocycles. The van der Waals surface area contributed by atoms with Gasteiger partial charge in [0.05, 0.1) is 45.8 Å². The van der Waals surface area contributed by atoms with E-state index in [-0.39, 0.29) is 0 Å².